The lowest BCUT2D eigenvalue weighted by Crippen LogP contribution is -2.06. The molecule has 0 amide bonds. The molecule has 1 aliphatic rings. The van der Waals surface area contributed by atoms with Crippen LogP contribution in [0.25, 0.3) is 0 Å². The van der Waals surface area contributed by atoms with Crippen molar-refractivity contribution in [3.63, 3.8) is 0 Å². The fourth-order valence-electron chi connectivity index (χ4n) is 2.65. The van der Waals surface area contributed by atoms with Gasteiger partial charge in [0.2, 0.25) is 5.89 Å². The van der Waals surface area contributed by atoms with Gasteiger partial charge in [0.05, 0.1) is 6.42 Å². The Morgan fingerprint density at radius 1 is 1.11 bits per heavy atom. The summed E-state index contributed by atoms with van der Waals surface area (Å²) >= 11 is 0. The van der Waals surface area contributed by atoms with Crippen LogP contribution < -0.4 is 0 Å². The first-order chi connectivity index (χ1) is 9.31. The van der Waals surface area contributed by atoms with Crippen LogP contribution in [0, 0.1) is 0 Å². The van der Waals surface area contributed by atoms with Crippen LogP contribution in [0.2, 0.25) is 0 Å². The summed E-state index contributed by atoms with van der Waals surface area (Å²) in [5, 5.41) is 13.4. The smallest absolute Gasteiger partial charge is 0.231 e. The first-order valence-electron chi connectivity index (χ1n) is 6.91. The van der Waals surface area contributed by atoms with E-state index in [1.807, 2.05) is 12.1 Å². The summed E-state index contributed by atoms with van der Waals surface area (Å²) in [5.74, 6) is 2.28. The molecular formula is C15H18N2O2. The van der Waals surface area contributed by atoms with Gasteiger partial charge in [-0.1, -0.05) is 36.6 Å². The number of rotatable bonds is 3. The number of aromatic hydroxyl groups is 1. The van der Waals surface area contributed by atoms with Gasteiger partial charge in [-0.05, 0) is 30.5 Å². The summed E-state index contributed by atoms with van der Waals surface area (Å²) in [6.45, 7) is 0. The number of phenols is 1. The minimum absolute atomic E-state index is 0.275. The minimum atomic E-state index is 0.275. The highest BCUT2D eigenvalue weighted by Gasteiger charge is 2.20. The first kappa shape index (κ1) is 12.2. The number of nitrogens with zero attached hydrogens (tertiary/aromatic N) is 2. The van der Waals surface area contributed by atoms with Crippen molar-refractivity contribution in [2.45, 2.75) is 44.4 Å². The lowest BCUT2D eigenvalue weighted by atomic mass is 9.89. The van der Waals surface area contributed by atoms with Crippen LogP contribution in [0.5, 0.6) is 5.75 Å². The molecule has 1 fully saturated rings. The Kier molecular flexibility index (Phi) is 3.49. The number of benzene rings is 1. The third-order valence-corrected chi connectivity index (χ3v) is 3.75. The van der Waals surface area contributed by atoms with Gasteiger partial charge in [-0.3, -0.25) is 0 Å². The Labute approximate surface area is 112 Å². The van der Waals surface area contributed by atoms with Crippen LogP contribution >= 0.6 is 0 Å². The van der Waals surface area contributed by atoms with Gasteiger partial charge in [0.1, 0.15) is 5.75 Å². The third-order valence-electron chi connectivity index (χ3n) is 3.75. The SMILES string of the molecule is Oc1ccc(Cc2nc(C3CCCCC3)no2)cc1. The molecular weight excluding hydrogens is 240 g/mol. The quantitative estimate of drug-likeness (QED) is 0.916. The second-order valence-corrected chi connectivity index (χ2v) is 5.22. The average Bonchev–Trinajstić information content (AvgIpc) is 2.91. The van der Waals surface area contributed by atoms with Gasteiger partial charge in [-0.2, -0.15) is 4.98 Å². The van der Waals surface area contributed by atoms with E-state index < -0.39 is 0 Å². The molecule has 1 aromatic heterocycles. The zero-order chi connectivity index (χ0) is 13.1. The van der Waals surface area contributed by atoms with E-state index in [2.05, 4.69) is 10.1 Å². The molecule has 1 aromatic carbocycles. The van der Waals surface area contributed by atoms with Gasteiger partial charge in [0, 0.05) is 5.92 Å². The molecule has 0 spiro atoms. The van der Waals surface area contributed by atoms with Crippen LogP contribution in [0.1, 0.15) is 55.3 Å². The summed E-state index contributed by atoms with van der Waals surface area (Å²) in [6, 6.07) is 7.10. The Hall–Kier alpha value is -1.84. The van der Waals surface area contributed by atoms with E-state index in [0.717, 1.165) is 11.4 Å². The standard InChI is InChI=1S/C15H18N2O2/c18-13-8-6-11(7-9-13)10-14-16-15(17-19-14)12-4-2-1-3-5-12/h6-9,12,18H,1-5,10H2. The molecule has 0 radical (unpaired) electrons. The van der Waals surface area contributed by atoms with Crippen molar-refractivity contribution in [1.82, 2.24) is 10.1 Å². The van der Waals surface area contributed by atoms with Crippen LogP contribution in [0.15, 0.2) is 28.8 Å². The zero-order valence-electron chi connectivity index (χ0n) is 10.9. The van der Waals surface area contributed by atoms with Crippen molar-refractivity contribution < 1.29 is 9.63 Å². The molecule has 0 unspecified atom stereocenters. The Bertz CT molecular complexity index is 527. The summed E-state index contributed by atoms with van der Waals surface area (Å²) < 4.78 is 5.33. The fraction of sp³-hybridized carbons (Fsp3) is 0.467. The zero-order valence-corrected chi connectivity index (χ0v) is 10.9. The molecule has 0 aliphatic heterocycles. The Morgan fingerprint density at radius 3 is 2.58 bits per heavy atom. The number of aromatic nitrogens is 2. The van der Waals surface area contributed by atoms with Crippen molar-refractivity contribution in [1.29, 1.82) is 0 Å². The molecule has 19 heavy (non-hydrogen) atoms. The molecule has 0 bridgehead atoms. The van der Waals surface area contributed by atoms with Gasteiger partial charge >= 0.3 is 0 Å². The summed E-state index contributed by atoms with van der Waals surface area (Å²) in [6.07, 6.45) is 6.85. The first-order valence-corrected chi connectivity index (χ1v) is 6.91. The van der Waals surface area contributed by atoms with E-state index in [4.69, 9.17) is 4.52 Å². The number of phenolic OH excluding ortho intramolecular Hbond substituents is 1. The van der Waals surface area contributed by atoms with Gasteiger partial charge in [-0.25, -0.2) is 0 Å². The van der Waals surface area contributed by atoms with Gasteiger partial charge in [0.25, 0.3) is 0 Å². The van der Waals surface area contributed by atoms with Gasteiger partial charge in [0.15, 0.2) is 5.82 Å². The van der Waals surface area contributed by atoms with Crippen LogP contribution in [0.3, 0.4) is 0 Å². The summed E-state index contributed by atoms with van der Waals surface area (Å²) in [4.78, 5) is 4.51. The summed E-state index contributed by atoms with van der Waals surface area (Å²) in [7, 11) is 0. The topological polar surface area (TPSA) is 59.2 Å². The molecule has 2 aromatic rings. The second kappa shape index (κ2) is 5.43. The molecule has 1 N–H and O–H groups in total. The monoisotopic (exact) mass is 258 g/mol. The van der Waals surface area contributed by atoms with Crippen molar-refractivity contribution in [2.24, 2.45) is 0 Å². The van der Waals surface area contributed by atoms with Crippen LogP contribution in [-0.2, 0) is 6.42 Å². The molecule has 1 aliphatic carbocycles. The average molecular weight is 258 g/mol. The molecule has 100 valence electrons. The Morgan fingerprint density at radius 2 is 1.84 bits per heavy atom. The van der Waals surface area contributed by atoms with Gasteiger partial charge < -0.3 is 9.63 Å². The number of hydrogen-bond acceptors (Lipinski definition) is 4. The Balaban J connectivity index is 1.68. The molecule has 4 nitrogen and oxygen atoms in total. The maximum atomic E-state index is 9.25. The van der Waals surface area contributed by atoms with E-state index in [1.54, 1.807) is 12.1 Å². The normalized spacial score (nSPS) is 16.6. The maximum Gasteiger partial charge on any atom is 0.231 e. The highest BCUT2D eigenvalue weighted by Crippen LogP contribution is 2.30. The van der Waals surface area contributed by atoms with Crippen molar-refractivity contribution in [2.75, 3.05) is 0 Å². The summed E-state index contributed by atoms with van der Waals surface area (Å²) in [5.41, 5.74) is 1.07. The lowest BCUT2D eigenvalue weighted by Gasteiger charge is -2.17. The molecule has 1 heterocycles. The largest absolute Gasteiger partial charge is 0.508 e. The molecule has 3 rings (SSSR count). The molecule has 4 heteroatoms. The molecule has 0 atom stereocenters. The minimum Gasteiger partial charge on any atom is -0.508 e. The molecule has 1 saturated carbocycles. The van der Waals surface area contributed by atoms with E-state index in [0.29, 0.717) is 18.2 Å². The van der Waals surface area contributed by atoms with E-state index in [-0.39, 0.29) is 5.75 Å². The van der Waals surface area contributed by atoms with Crippen LogP contribution in [-0.4, -0.2) is 15.2 Å². The van der Waals surface area contributed by atoms with Gasteiger partial charge in [-0.15, -0.1) is 0 Å². The fourth-order valence-corrected chi connectivity index (χ4v) is 2.65. The number of hydrogen-bond donors (Lipinski definition) is 1. The third kappa shape index (κ3) is 2.95. The lowest BCUT2D eigenvalue weighted by molar-refractivity contribution is 0.362. The van der Waals surface area contributed by atoms with E-state index in [9.17, 15) is 5.11 Å². The predicted octanol–water partition coefficient (Wildman–Crippen LogP) is 3.41. The predicted molar refractivity (Wildman–Crippen MR) is 71.0 cm³/mol. The second-order valence-electron chi connectivity index (χ2n) is 5.22. The van der Waals surface area contributed by atoms with E-state index >= 15 is 0 Å². The van der Waals surface area contributed by atoms with Crippen LogP contribution in [0.4, 0.5) is 0 Å². The highest BCUT2D eigenvalue weighted by molar-refractivity contribution is 5.27. The molecule has 0 saturated heterocycles. The van der Waals surface area contributed by atoms with Crippen molar-refractivity contribution in [3.05, 3.63) is 41.5 Å². The van der Waals surface area contributed by atoms with Crippen molar-refractivity contribution >= 4 is 0 Å². The van der Waals surface area contributed by atoms with Crippen molar-refractivity contribution in [3.8, 4) is 5.75 Å². The van der Waals surface area contributed by atoms with E-state index in [1.165, 1.54) is 32.1 Å². The highest BCUT2D eigenvalue weighted by atomic mass is 16.5. The maximum absolute atomic E-state index is 9.25.